The first-order valence-electron chi connectivity index (χ1n) is 10.6. The predicted molar refractivity (Wildman–Crippen MR) is 122 cm³/mol. The van der Waals surface area contributed by atoms with E-state index in [4.69, 9.17) is 10.1 Å². The third-order valence-corrected chi connectivity index (χ3v) is 5.62. The first kappa shape index (κ1) is 19.4. The van der Waals surface area contributed by atoms with Gasteiger partial charge in [-0.15, -0.1) is 0 Å². The molecule has 5 rings (SSSR count). The van der Waals surface area contributed by atoms with Gasteiger partial charge < -0.3 is 10.2 Å². The number of benzene rings is 1. The number of pyridine rings is 1. The van der Waals surface area contributed by atoms with E-state index in [0.29, 0.717) is 5.95 Å². The highest BCUT2D eigenvalue weighted by Crippen LogP contribution is 2.30. The molecule has 1 aliphatic rings. The van der Waals surface area contributed by atoms with Gasteiger partial charge in [-0.25, -0.2) is 9.97 Å². The molecule has 0 saturated heterocycles. The maximum Gasteiger partial charge on any atom is 0.227 e. The Bertz CT molecular complexity index is 1200. The molecule has 0 fully saturated rings. The molecular formula is C24H25N7. The van der Waals surface area contributed by atoms with Gasteiger partial charge in [-0.3, -0.25) is 9.67 Å². The van der Waals surface area contributed by atoms with Crippen molar-refractivity contribution in [3.63, 3.8) is 0 Å². The summed E-state index contributed by atoms with van der Waals surface area (Å²) in [6.07, 6.45) is 8.48. The summed E-state index contributed by atoms with van der Waals surface area (Å²) in [6, 6.07) is 12.4. The smallest absolute Gasteiger partial charge is 0.227 e. The highest BCUT2D eigenvalue weighted by molar-refractivity contribution is 5.78. The normalized spacial score (nSPS) is 13.7. The molecule has 0 amide bonds. The van der Waals surface area contributed by atoms with Crippen LogP contribution in [0.3, 0.4) is 0 Å². The van der Waals surface area contributed by atoms with E-state index < -0.39 is 0 Å². The van der Waals surface area contributed by atoms with Gasteiger partial charge >= 0.3 is 0 Å². The Morgan fingerprint density at radius 3 is 2.87 bits per heavy atom. The number of likely N-dealkylation sites (N-methyl/N-ethyl adjacent to an activating group) is 1. The molecule has 0 spiro atoms. The van der Waals surface area contributed by atoms with Crippen molar-refractivity contribution in [2.45, 2.75) is 26.4 Å². The first-order chi connectivity index (χ1) is 15.2. The fourth-order valence-electron chi connectivity index (χ4n) is 3.96. The SMILES string of the molecule is CCn1cc(-c2ccnc(Nc3ccc4c(c3)CCN(C)C4)n2)c(-c2cccnc2)n1. The number of hydrogen-bond donors (Lipinski definition) is 1. The molecule has 0 unspecified atom stereocenters. The van der Waals surface area contributed by atoms with E-state index in [0.717, 1.165) is 54.3 Å². The van der Waals surface area contributed by atoms with E-state index in [9.17, 15) is 0 Å². The average Bonchev–Trinajstić information content (AvgIpc) is 3.25. The van der Waals surface area contributed by atoms with Crippen LogP contribution in [0.5, 0.6) is 0 Å². The fraction of sp³-hybridized carbons (Fsp3) is 0.250. The van der Waals surface area contributed by atoms with Gasteiger partial charge in [0.15, 0.2) is 0 Å². The minimum atomic E-state index is 0.576. The van der Waals surface area contributed by atoms with Gasteiger partial charge in [0.2, 0.25) is 5.95 Å². The lowest BCUT2D eigenvalue weighted by molar-refractivity contribution is 0.313. The summed E-state index contributed by atoms with van der Waals surface area (Å²) in [4.78, 5) is 15.8. The molecule has 156 valence electrons. The molecule has 4 heterocycles. The van der Waals surface area contributed by atoms with Gasteiger partial charge in [0, 0.05) is 61.2 Å². The van der Waals surface area contributed by atoms with Crippen molar-refractivity contribution in [1.82, 2.24) is 29.6 Å². The van der Waals surface area contributed by atoms with Crippen LogP contribution in [-0.4, -0.2) is 43.2 Å². The van der Waals surface area contributed by atoms with Crippen molar-refractivity contribution in [2.75, 3.05) is 18.9 Å². The summed E-state index contributed by atoms with van der Waals surface area (Å²) < 4.78 is 1.92. The van der Waals surface area contributed by atoms with Gasteiger partial charge in [-0.05, 0) is 61.9 Å². The summed E-state index contributed by atoms with van der Waals surface area (Å²) in [5.41, 5.74) is 7.43. The van der Waals surface area contributed by atoms with E-state index in [1.807, 2.05) is 35.3 Å². The summed E-state index contributed by atoms with van der Waals surface area (Å²) in [5.74, 6) is 0.576. The van der Waals surface area contributed by atoms with Gasteiger partial charge in [-0.1, -0.05) is 6.07 Å². The minimum absolute atomic E-state index is 0.576. The molecule has 0 atom stereocenters. The largest absolute Gasteiger partial charge is 0.324 e. The fourth-order valence-corrected chi connectivity index (χ4v) is 3.96. The van der Waals surface area contributed by atoms with Crippen LogP contribution in [0.1, 0.15) is 18.1 Å². The van der Waals surface area contributed by atoms with E-state index in [1.165, 1.54) is 11.1 Å². The summed E-state index contributed by atoms with van der Waals surface area (Å²) in [7, 11) is 2.16. The van der Waals surface area contributed by atoms with Crippen LogP contribution < -0.4 is 5.32 Å². The number of hydrogen-bond acceptors (Lipinski definition) is 6. The molecule has 0 saturated carbocycles. The Balaban J connectivity index is 1.46. The third-order valence-electron chi connectivity index (χ3n) is 5.62. The molecule has 31 heavy (non-hydrogen) atoms. The standard InChI is InChI=1S/C24H25N7/c1-3-31-16-21(23(29-31)18-5-4-10-25-14-18)22-8-11-26-24(28-22)27-20-7-6-19-15-30(2)12-9-17(19)13-20/h4-8,10-11,13-14,16H,3,9,12,15H2,1-2H3,(H,26,27,28). The first-order valence-corrected chi connectivity index (χ1v) is 10.6. The molecule has 0 bridgehead atoms. The van der Waals surface area contributed by atoms with Crippen LogP contribution in [0, 0.1) is 0 Å². The van der Waals surface area contributed by atoms with Gasteiger partial charge in [0.25, 0.3) is 0 Å². The molecule has 1 aromatic carbocycles. The Kier molecular flexibility index (Phi) is 5.18. The molecule has 7 nitrogen and oxygen atoms in total. The zero-order valence-corrected chi connectivity index (χ0v) is 17.8. The number of aryl methyl sites for hydroxylation is 1. The van der Waals surface area contributed by atoms with Crippen LogP contribution in [-0.2, 0) is 19.5 Å². The molecule has 7 heteroatoms. The average molecular weight is 412 g/mol. The van der Waals surface area contributed by atoms with Crippen LogP contribution in [0.25, 0.3) is 22.5 Å². The van der Waals surface area contributed by atoms with Gasteiger partial charge in [0.05, 0.1) is 5.69 Å². The van der Waals surface area contributed by atoms with Crippen molar-refractivity contribution >= 4 is 11.6 Å². The summed E-state index contributed by atoms with van der Waals surface area (Å²) >= 11 is 0. The van der Waals surface area contributed by atoms with Crippen LogP contribution in [0.2, 0.25) is 0 Å². The summed E-state index contributed by atoms with van der Waals surface area (Å²) in [5, 5.41) is 8.12. The van der Waals surface area contributed by atoms with Gasteiger partial charge in [0.1, 0.15) is 5.69 Å². The molecular weight excluding hydrogens is 386 g/mol. The van der Waals surface area contributed by atoms with E-state index >= 15 is 0 Å². The molecule has 3 aromatic heterocycles. The molecule has 1 aliphatic heterocycles. The van der Waals surface area contributed by atoms with E-state index in [-0.39, 0.29) is 0 Å². The Morgan fingerprint density at radius 1 is 1.10 bits per heavy atom. The monoisotopic (exact) mass is 411 g/mol. The van der Waals surface area contributed by atoms with Crippen molar-refractivity contribution < 1.29 is 0 Å². The molecule has 0 radical (unpaired) electrons. The maximum atomic E-state index is 4.79. The second-order valence-corrected chi connectivity index (χ2v) is 7.85. The lowest BCUT2D eigenvalue weighted by Crippen LogP contribution is -2.26. The van der Waals surface area contributed by atoms with Crippen molar-refractivity contribution in [3.05, 3.63) is 72.3 Å². The zero-order valence-electron chi connectivity index (χ0n) is 17.8. The van der Waals surface area contributed by atoms with Crippen molar-refractivity contribution in [2.24, 2.45) is 0 Å². The second-order valence-electron chi connectivity index (χ2n) is 7.85. The second kappa shape index (κ2) is 8.28. The number of rotatable bonds is 5. The number of anilines is 2. The highest BCUT2D eigenvalue weighted by Gasteiger charge is 2.16. The van der Waals surface area contributed by atoms with Crippen LogP contribution in [0.4, 0.5) is 11.6 Å². The Labute approximate surface area is 181 Å². The van der Waals surface area contributed by atoms with Crippen LogP contribution >= 0.6 is 0 Å². The van der Waals surface area contributed by atoms with Gasteiger partial charge in [-0.2, -0.15) is 5.10 Å². The molecule has 4 aromatic rings. The lowest BCUT2D eigenvalue weighted by atomic mass is 9.99. The number of fused-ring (bicyclic) bond motifs is 1. The van der Waals surface area contributed by atoms with Crippen LogP contribution in [0.15, 0.2) is 61.2 Å². The zero-order chi connectivity index (χ0) is 21.2. The van der Waals surface area contributed by atoms with E-state index in [1.54, 1.807) is 12.4 Å². The predicted octanol–water partition coefficient (Wildman–Crippen LogP) is 4.15. The highest BCUT2D eigenvalue weighted by atomic mass is 15.3. The number of nitrogens with one attached hydrogen (secondary N) is 1. The topological polar surface area (TPSA) is 71.8 Å². The van der Waals surface area contributed by atoms with E-state index in [2.05, 4.69) is 52.4 Å². The third kappa shape index (κ3) is 4.04. The Morgan fingerprint density at radius 2 is 2.03 bits per heavy atom. The summed E-state index contributed by atoms with van der Waals surface area (Å²) in [6.45, 7) is 4.94. The van der Waals surface area contributed by atoms with Crippen molar-refractivity contribution in [3.8, 4) is 22.5 Å². The number of aromatic nitrogens is 5. The Hall–Kier alpha value is -3.58. The minimum Gasteiger partial charge on any atom is -0.324 e. The lowest BCUT2D eigenvalue weighted by Gasteiger charge is -2.25. The molecule has 1 N–H and O–H groups in total. The maximum absolute atomic E-state index is 4.79. The quantitative estimate of drug-likeness (QED) is 0.532. The number of nitrogens with zero attached hydrogens (tertiary/aromatic N) is 6. The van der Waals surface area contributed by atoms with Crippen molar-refractivity contribution in [1.29, 1.82) is 0 Å². The molecule has 0 aliphatic carbocycles.